The Balaban J connectivity index is 0.000000126. The first-order chi connectivity index (χ1) is 10.3. The minimum atomic E-state index is 0.156. The Kier molecular flexibility index (Phi) is 4.20. The van der Waals surface area contributed by atoms with Crippen LogP contribution < -0.4 is 9.47 Å². The van der Waals surface area contributed by atoms with Gasteiger partial charge >= 0.3 is 0 Å². The van der Waals surface area contributed by atoms with Crippen molar-refractivity contribution in [2.45, 2.75) is 19.3 Å². The lowest BCUT2D eigenvalue weighted by molar-refractivity contribution is -0.121. The van der Waals surface area contributed by atoms with Crippen molar-refractivity contribution in [2.24, 2.45) is 0 Å². The van der Waals surface area contributed by atoms with Crippen LogP contribution in [0.5, 0.6) is 11.5 Å². The van der Waals surface area contributed by atoms with E-state index in [-0.39, 0.29) is 12.4 Å². The first-order valence-corrected chi connectivity index (χ1v) is 7.26. The summed E-state index contributed by atoms with van der Waals surface area (Å²) in [5.41, 5.74) is 2.36. The highest BCUT2D eigenvalue weighted by molar-refractivity contribution is 5.84. The predicted molar refractivity (Wildman–Crippen MR) is 80.9 cm³/mol. The van der Waals surface area contributed by atoms with Crippen molar-refractivity contribution < 1.29 is 14.3 Å². The molecule has 0 atom stereocenters. The Hall–Kier alpha value is -2.29. The summed E-state index contributed by atoms with van der Waals surface area (Å²) < 4.78 is 10.6. The molecule has 2 aliphatic rings. The first-order valence-electron chi connectivity index (χ1n) is 7.26. The van der Waals surface area contributed by atoms with Gasteiger partial charge in [0.2, 0.25) is 0 Å². The molecule has 0 N–H and O–H groups in total. The number of rotatable bonds is 0. The normalized spacial score (nSPS) is 15.5. The molecular weight excluding hydrogens is 264 g/mol. The van der Waals surface area contributed by atoms with Gasteiger partial charge in [-0.15, -0.1) is 0 Å². The fourth-order valence-corrected chi connectivity index (χ4v) is 2.51. The summed E-state index contributed by atoms with van der Waals surface area (Å²) in [5.74, 6) is 2.09. The van der Waals surface area contributed by atoms with E-state index < -0.39 is 0 Å². The number of carbonyl (C=O) groups excluding carboxylic acids is 1. The number of hydrogen-bond donors (Lipinski definition) is 0. The molecule has 0 aromatic heterocycles. The zero-order chi connectivity index (χ0) is 14.5. The van der Waals surface area contributed by atoms with Crippen LogP contribution in [-0.4, -0.2) is 19.0 Å². The van der Waals surface area contributed by atoms with Gasteiger partial charge in [-0.05, 0) is 30.5 Å². The average molecular weight is 282 g/mol. The maximum Gasteiger partial charge on any atom is 0.174 e. The number of benzene rings is 2. The van der Waals surface area contributed by atoms with E-state index in [2.05, 4.69) is 12.1 Å². The summed E-state index contributed by atoms with van der Waals surface area (Å²) in [4.78, 5) is 10.9. The first kappa shape index (κ1) is 13.7. The third-order valence-corrected chi connectivity index (χ3v) is 3.57. The van der Waals surface area contributed by atoms with E-state index in [0.29, 0.717) is 6.42 Å². The highest BCUT2D eigenvalue weighted by atomic mass is 16.5. The summed E-state index contributed by atoms with van der Waals surface area (Å²) in [5, 5.41) is 0. The van der Waals surface area contributed by atoms with Crippen LogP contribution in [0, 0.1) is 0 Å². The molecular formula is C18H18O3. The topological polar surface area (TPSA) is 35.5 Å². The Morgan fingerprint density at radius 3 is 2.24 bits per heavy atom. The van der Waals surface area contributed by atoms with E-state index >= 15 is 0 Å². The van der Waals surface area contributed by atoms with Gasteiger partial charge in [-0.2, -0.15) is 0 Å². The van der Waals surface area contributed by atoms with E-state index in [1.54, 1.807) is 0 Å². The predicted octanol–water partition coefficient (Wildman–Crippen LogP) is 3.20. The second-order valence-corrected chi connectivity index (χ2v) is 5.17. The van der Waals surface area contributed by atoms with Gasteiger partial charge in [0, 0.05) is 12.0 Å². The maximum absolute atomic E-state index is 10.9. The molecule has 2 aliphatic heterocycles. The van der Waals surface area contributed by atoms with Crippen LogP contribution in [0.25, 0.3) is 0 Å². The van der Waals surface area contributed by atoms with Gasteiger partial charge in [-0.25, -0.2) is 0 Å². The van der Waals surface area contributed by atoms with Gasteiger partial charge < -0.3 is 9.47 Å². The van der Waals surface area contributed by atoms with Crippen molar-refractivity contribution >= 4 is 5.78 Å². The SMILES string of the molecule is O=C1COc2ccccc2C1.c1ccc2c(c1)CCCO2. The second kappa shape index (κ2) is 6.44. The lowest BCUT2D eigenvalue weighted by atomic mass is 10.1. The lowest BCUT2D eigenvalue weighted by Crippen LogP contribution is -2.19. The largest absolute Gasteiger partial charge is 0.493 e. The second-order valence-electron chi connectivity index (χ2n) is 5.17. The molecule has 21 heavy (non-hydrogen) atoms. The highest BCUT2D eigenvalue weighted by Gasteiger charge is 2.14. The average Bonchev–Trinajstić information content (AvgIpc) is 2.55. The van der Waals surface area contributed by atoms with Crippen molar-refractivity contribution in [3.63, 3.8) is 0 Å². The van der Waals surface area contributed by atoms with E-state index in [9.17, 15) is 4.79 Å². The number of ketones is 1. The minimum absolute atomic E-state index is 0.156. The van der Waals surface area contributed by atoms with Crippen molar-refractivity contribution in [2.75, 3.05) is 13.2 Å². The van der Waals surface area contributed by atoms with Gasteiger partial charge in [0.15, 0.2) is 5.78 Å². The Morgan fingerprint density at radius 1 is 0.810 bits per heavy atom. The van der Waals surface area contributed by atoms with Gasteiger partial charge in [-0.1, -0.05) is 36.4 Å². The molecule has 0 fully saturated rings. The molecule has 2 heterocycles. The van der Waals surface area contributed by atoms with Crippen molar-refractivity contribution in [1.29, 1.82) is 0 Å². The van der Waals surface area contributed by atoms with Gasteiger partial charge in [-0.3, -0.25) is 4.79 Å². The van der Waals surface area contributed by atoms with Crippen LogP contribution in [0.15, 0.2) is 48.5 Å². The number of ether oxygens (including phenoxy) is 2. The quantitative estimate of drug-likeness (QED) is 0.744. The van der Waals surface area contributed by atoms with Gasteiger partial charge in [0.05, 0.1) is 6.61 Å². The fraction of sp³-hybridized carbons (Fsp3) is 0.278. The van der Waals surface area contributed by atoms with Crippen LogP contribution >= 0.6 is 0 Å². The molecule has 108 valence electrons. The molecule has 2 aromatic carbocycles. The molecule has 0 radical (unpaired) electrons. The van der Waals surface area contributed by atoms with Gasteiger partial charge in [0.1, 0.15) is 18.1 Å². The lowest BCUT2D eigenvalue weighted by Gasteiger charge is -2.15. The fourth-order valence-electron chi connectivity index (χ4n) is 2.51. The summed E-state index contributed by atoms with van der Waals surface area (Å²) in [6.07, 6.45) is 2.86. The van der Waals surface area contributed by atoms with Crippen molar-refractivity contribution in [3.05, 3.63) is 59.7 Å². The number of Topliss-reactive ketones (excluding diaryl/α,β-unsaturated/α-hetero) is 1. The van der Waals surface area contributed by atoms with Crippen LogP contribution in [0.4, 0.5) is 0 Å². The number of para-hydroxylation sites is 2. The molecule has 0 spiro atoms. The van der Waals surface area contributed by atoms with Gasteiger partial charge in [0.25, 0.3) is 0 Å². The molecule has 3 heteroatoms. The molecule has 2 aromatic rings. The molecule has 4 rings (SSSR count). The molecule has 0 saturated carbocycles. The molecule has 0 amide bonds. The number of carbonyl (C=O) groups is 1. The summed E-state index contributed by atoms with van der Waals surface area (Å²) in [7, 11) is 0. The third-order valence-electron chi connectivity index (χ3n) is 3.57. The Bertz CT molecular complexity index is 609. The van der Waals surface area contributed by atoms with Crippen LogP contribution in [0.1, 0.15) is 17.5 Å². The van der Waals surface area contributed by atoms with E-state index in [0.717, 1.165) is 30.1 Å². The number of hydrogen-bond acceptors (Lipinski definition) is 3. The van der Waals surface area contributed by atoms with E-state index in [1.165, 1.54) is 12.0 Å². The van der Waals surface area contributed by atoms with Crippen LogP contribution in [0.3, 0.4) is 0 Å². The molecule has 0 aliphatic carbocycles. The Labute approximate surface area is 124 Å². The van der Waals surface area contributed by atoms with Crippen LogP contribution in [0.2, 0.25) is 0 Å². The minimum Gasteiger partial charge on any atom is -0.493 e. The zero-order valence-corrected chi connectivity index (χ0v) is 11.9. The van der Waals surface area contributed by atoms with Crippen LogP contribution in [-0.2, 0) is 17.6 Å². The van der Waals surface area contributed by atoms with Crippen molar-refractivity contribution in [1.82, 2.24) is 0 Å². The molecule has 0 unspecified atom stereocenters. The number of aryl methyl sites for hydroxylation is 1. The third kappa shape index (κ3) is 3.43. The number of fused-ring (bicyclic) bond motifs is 2. The molecule has 3 nitrogen and oxygen atoms in total. The zero-order valence-electron chi connectivity index (χ0n) is 11.9. The van der Waals surface area contributed by atoms with E-state index in [1.807, 2.05) is 36.4 Å². The van der Waals surface area contributed by atoms with E-state index in [4.69, 9.17) is 9.47 Å². The smallest absolute Gasteiger partial charge is 0.174 e. The standard InChI is InChI=1S/C9H8O2.C9H10O/c10-8-5-7-3-1-2-4-9(7)11-6-8;1-2-6-9-8(4-1)5-3-7-10-9/h1-4H,5-6H2;1-2,4,6H,3,5,7H2. The molecule has 0 saturated heterocycles. The summed E-state index contributed by atoms with van der Waals surface area (Å²) >= 11 is 0. The monoisotopic (exact) mass is 282 g/mol. The summed E-state index contributed by atoms with van der Waals surface area (Å²) in [6, 6.07) is 15.9. The maximum atomic E-state index is 10.9. The summed E-state index contributed by atoms with van der Waals surface area (Å²) in [6.45, 7) is 1.12. The Morgan fingerprint density at radius 2 is 1.48 bits per heavy atom. The van der Waals surface area contributed by atoms with Crippen molar-refractivity contribution in [3.8, 4) is 11.5 Å². The molecule has 0 bridgehead atoms. The highest BCUT2D eigenvalue weighted by Crippen LogP contribution is 2.23.